The molecule has 0 spiro atoms. The van der Waals surface area contributed by atoms with Gasteiger partial charge < -0.3 is 9.32 Å². The van der Waals surface area contributed by atoms with Gasteiger partial charge in [0.05, 0.1) is 0 Å². The lowest BCUT2D eigenvalue weighted by Gasteiger charge is -2.26. The van der Waals surface area contributed by atoms with Gasteiger partial charge in [0.15, 0.2) is 0 Å². The van der Waals surface area contributed by atoms with Crippen molar-refractivity contribution in [2.75, 3.05) is 4.90 Å². The third-order valence-corrected chi connectivity index (χ3v) is 11.5. The van der Waals surface area contributed by atoms with Crippen LogP contribution < -0.4 is 4.90 Å². The Morgan fingerprint density at radius 2 is 0.793 bits per heavy atom. The first-order valence-corrected chi connectivity index (χ1v) is 19.8. The Kier molecular flexibility index (Phi) is 8.19. The summed E-state index contributed by atoms with van der Waals surface area (Å²) in [5.41, 5.74) is 14.6. The van der Waals surface area contributed by atoms with Crippen molar-refractivity contribution in [1.82, 2.24) is 0 Å². The number of hydrogen-bond donors (Lipinski definition) is 0. The molecular formula is C56H37NO. The maximum atomic E-state index is 6.64. The Morgan fingerprint density at radius 3 is 1.53 bits per heavy atom. The van der Waals surface area contributed by atoms with Crippen LogP contribution in [-0.4, -0.2) is 0 Å². The van der Waals surface area contributed by atoms with Gasteiger partial charge in [0.2, 0.25) is 0 Å². The van der Waals surface area contributed by atoms with Crippen molar-refractivity contribution in [3.05, 3.63) is 224 Å². The van der Waals surface area contributed by atoms with Gasteiger partial charge >= 0.3 is 0 Å². The van der Waals surface area contributed by atoms with Crippen LogP contribution in [0, 0.1) is 0 Å². The van der Waals surface area contributed by atoms with Gasteiger partial charge in [-0.1, -0.05) is 164 Å². The summed E-state index contributed by atoms with van der Waals surface area (Å²) in [6.45, 7) is 0. The van der Waals surface area contributed by atoms with Crippen LogP contribution in [0.3, 0.4) is 0 Å². The number of fused-ring (bicyclic) bond motifs is 6. The number of para-hydroxylation sites is 1. The molecule has 0 aliphatic carbocycles. The quantitative estimate of drug-likeness (QED) is 0.162. The summed E-state index contributed by atoms with van der Waals surface area (Å²) in [7, 11) is 0. The number of hydrogen-bond acceptors (Lipinski definition) is 2. The molecule has 10 aromatic carbocycles. The van der Waals surface area contributed by atoms with E-state index in [-0.39, 0.29) is 0 Å². The molecule has 11 rings (SSSR count). The molecule has 11 aromatic rings. The number of furan rings is 1. The van der Waals surface area contributed by atoms with Crippen molar-refractivity contribution in [3.63, 3.8) is 0 Å². The Labute approximate surface area is 337 Å². The Hall–Kier alpha value is -7.68. The fraction of sp³-hybridized carbons (Fsp3) is 0. The van der Waals surface area contributed by atoms with Gasteiger partial charge in [0.25, 0.3) is 0 Å². The molecule has 0 N–H and O–H groups in total. The molecule has 0 bridgehead atoms. The molecule has 2 nitrogen and oxygen atoms in total. The van der Waals surface area contributed by atoms with E-state index in [1.165, 1.54) is 49.5 Å². The molecule has 0 saturated heterocycles. The van der Waals surface area contributed by atoms with Gasteiger partial charge in [-0.2, -0.15) is 0 Å². The maximum Gasteiger partial charge on any atom is 0.143 e. The normalized spacial score (nSPS) is 11.4. The topological polar surface area (TPSA) is 16.4 Å². The molecular weight excluding hydrogens is 703 g/mol. The molecule has 0 aliphatic rings. The van der Waals surface area contributed by atoms with E-state index in [1.54, 1.807) is 0 Å². The average molecular weight is 740 g/mol. The predicted octanol–water partition coefficient (Wildman–Crippen LogP) is 16.0. The highest BCUT2D eigenvalue weighted by molar-refractivity contribution is 6.19. The van der Waals surface area contributed by atoms with E-state index >= 15 is 0 Å². The monoisotopic (exact) mass is 739 g/mol. The number of benzene rings is 10. The first-order chi connectivity index (χ1) is 28.7. The summed E-state index contributed by atoms with van der Waals surface area (Å²) in [6, 6.07) is 80.5. The minimum Gasteiger partial charge on any atom is -0.455 e. The van der Waals surface area contributed by atoms with Crippen molar-refractivity contribution in [1.29, 1.82) is 0 Å². The standard InChI is InChI=1S/C56H37NO/c1-3-13-38(14-4-1)42-17-11-18-43(35-42)44-29-34-55-53(36-44)54-37-52(50-22-9-10-23-51(50)56(54)58-55)41-27-32-47(33-28-41)57(45-19-5-2-6-20-45)46-30-25-40(26-31-46)49-24-12-16-39-15-7-8-21-48(39)49/h1-37H. The van der Waals surface area contributed by atoms with Crippen LogP contribution in [0.25, 0.3) is 88.0 Å². The summed E-state index contributed by atoms with van der Waals surface area (Å²) >= 11 is 0. The minimum absolute atomic E-state index is 0.889. The minimum atomic E-state index is 0.889. The molecule has 0 amide bonds. The summed E-state index contributed by atoms with van der Waals surface area (Å²) in [4.78, 5) is 2.33. The molecule has 0 radical (unpaired) electrons. The van der Waals surface area contributed by atoms with Gasteiger partial charge in [-0.25, -0.2) is 0 Å². The molecule has 0 saturated carbocycles. The third-order valence-electron chi connectivity index (χ3n) is 11.5. The number of rotatable bonds is 7. The van der Waals surface area contributed by atoms with Crippen molar-refractivity contribution < 1.29 is 4.42 Å². The molecule has 272 valence electrons. The van der Waals surface area contributed by atoms with Crippen molar-refractivity contribution in [2.45, 2.75) is 0 Å². The highest BCUT2D eigenvalue weighted by Gasteiger charge is 2.18. The lowest BCUT2D eigenvalue weighted by Crippen LogP contribution is -2.09. The van der Waals surface area contributed by atoms with Gasteiger partial charge in [0, 0.05) is 33.2 Å². The zero-order chi connectivity index (χ0) is 38.4. The lowest BCUT2D eigenvalue weighted by molar-refractivity contribution is 0.673. The summed E-state index contributed by atoms with van der Waals surface area (Å²) < 4.78 is 6.64. The van der Waals surface area contributed by atoms with E-state index in [9.17, 15) is 0 Å². The van der Waals surface area contributed by atoms with Crippen LogP contribution in [0.1, 0.15) is 0 Å². The first kappa shape index (κ1) is 33.6. The van der Waals surface area contributed by atoms with Crippen molar-refractivity contribution >= 4 is 60.5 Å². The van der Waals surface area contributed by atoms with Gasteiger partial charge in [-0.15, -0.1) is 0 Å². The van der Waals surface area contributed by atoms with Crippen LogP contribution >= 0.6 is 0 Å². The van der Waals surface area contributed by atoms with Gasteiger partial charge in [-0.3, -0.25) is 0 Å². The SMILES string of the molecule is c1ccc(-c2cccc(-c3ccc4oc5c6ccccc6c(-c6ccc(N(c7ccccc7)c7ccc(-c8cccc9ccccc89)cc7)cc6)cc5c4c3)c2)cc1. The molecule has 0 fully saturated rings. The molecule has 2 heteroatoms. The van der Waals surface area contributed by atoms with Crippen molar-refractivity contribution in [2.24, 2.45) is 0 Å². The second-order valence-electron chi connectivity index (χ2n) is 14.9. The van der Waals surface area contributed by atoms with Crippen LogP contribution in [-0.2, 0) is 0 Å². The second kappa shape index (κ2) is 14.1. The Morgan fingerprint density at radius 1 is 0.276 bits per heavy atom. The van der Waals surface area contributed by atoms with Crippen LogP contribution in [0.15, 0.2) is 229 Å². The molecule has 1 heterocycles. The highest BCUT2D eigenvalue weighted by Crippen LogP contribution is 2.43. The largest absolute Gasteiger partial charge is 0.455 e. The third kappa shape index (κ3) is 5.91. The smallest absolute Gasteiger partial charge is 0.143 e. The highest BCUT2D eigenvalue weighted by atomic mass is 16.3. The zero-order valence-corrected chi connectivity index (χ0v) is 31.7. The van der Waals surface area contributed by atoms with E-state index in [0.29, 0.717) is 0 Å². The summed E-state index contributed by atoms with van der Waals surface area (Å²) in [5, 5.41) is 7.02. The number of nitrogens with zero attached hydrogens (tertiary/aromatic N) is 1. The van der Waals surface area contributed by atoms with Gasteiger partial charge in [0.1, 0.15) is 11.2 Å². The predicted molar refractivity (Wildman–Crippen MR) is 245 cm³/mol. The summed E-state index contributed by atoms with van der Waals surface area (Å²) in [6.07, 6.45) is 0. The zero-order valence-electron chi connectivity index (χ0n) is 31.7. The van der Waals surface area contributed by atoms with E-state index < -0.39 is 0 Å². The average Bonchev–Trinajstić information content (AvgIpc) is 3.68. The fourth-order valence-corrected chi connectivity index (χ4v) is 8.61. The number of anilines is 3. The second-order valence-corrected chi connectivity index (χ2v) is 14.9. The van der Waals surface area contributed by atoms with Crippen LogP contribution in [0.4, 0.5) is 17.1 Å². The molecule has 0 unspecified atom stereocenters. The molecule has 0 aliphatic heterocycles. The van der Waals surface area contributed by atoms with Crippen LogP contribution in [0.5, 0.6) is 0 Å². The maximum absolute atomic E-state index is 6.64. The van der Waals surface area contributed by atoms with E-state index in [4.69, 9.17) is 4.42 Å². The van der Waals surface area contributed by atoms with E-state index in [0.717, 1.165) is 55.5 Å². The van der Waals surface area contributed by atoms with Gasteiger partial charge in [-0.05, 0) is 121 Å². The molecule has 58 heavy (non-hydrogen) atoms. The molecule has 1 aromatic heterocycles. The van der Waals surface area contributed by atoms with E-state index in [1.807, 2.05) is 0 Å². The first-order valence-electron chi connectivity index (χ1n) is 19.8. The fourth-order valence-electron chi connectivity index (χ4n) is 8.61. The van der Waals surface area contributed by atoms with Crippen LogP contribution in [0.2, 0.25) is 0 Å². The molecule has 0 atom stereocenters. The Balaban J connectivity index is 0.990. The Bertz CT molecular complexity index is 3250. The van der Waals surface area contributed by atoms with Crippen molar-refractivity contribution in [3.8, 4) is 44.5 Å². The lowest BCUT2D eigenvalue weighted by atomic mass is 9.94. The van der Waals surface area contributed by atoms with E-state index in [2.05, 4.69) is 229 Å². The summed E-state index contributed by atoms with van der Waals surface area (Å²) in [5.74, 6) is 0.